The van der Waals surface area contributed by atoms with Crippen molar-refractivity contribution < 1.29 is 23.8 Å². The van der Waals surface area contributed by atoms with E-state index in [0.29, 0.717) is 44.0 Å². The van der Waals surface area contributed by atoms with Gasteiger partial charge in [-0.15, -0.1) is 0 Å². The van der Waals surface area contributed by atoms with E-state index in [2.05, 4.69) is 21.2 Å². The fourth-order valence-corrected chi connectivity index (χ4v) is 5.37. The molecule has 4 aromatic rings. The van der Waals surface area contributed by atoms with Gasteiger partial charge in [0.2, 0.25) is 0 Å². The molecule has 0 aromatic heterocycles. The summed E-state index contributed by atoms with van der Waals surface area (Å²) in [6, 6.07) is 25.6. The van der Waals surface area contributed by atoms with Gasteiger partial charge in [0.15, 0.2) is 11.7 Å². The Bertz CT molecular complexity index is 1810. The van der Waals surface area contributed by atoms with Crippen LogP contribution in [-0.4, -0.2) is 36.4 Å². The third-order valence-electron chi connectivity index (χ3n) is 7.01. The second-order valence-corrected chi connectivity index (χ2v) is 10.8. The molecular formula is C34H31ClN4O5S. The number of amides is 1. The molecule has 5 rings (SSSR count). The molecule has 4 aromatic carbocycles. The van der Waals surface area contributed by atoms with Crippen molar-refractivity contribution in [3.8, 4) is 11.5 Å². The van der Waals surface area contributed by atoms with E-state index in [9.17, 15) is 9.59 Å². The zero-order chi connectivity index (χ0) is 31.8. The molecule has 0 spiro atoms. The van der Waals surface area contributed by atoms with E-state index in [0.717, 1.165) is 16.3 Å². The Morgan fingerprint density at radius 3 is 2.56 bits per heavy atom. The Labute approximate surface area is 271 Å². The monoisotopic (exact) mass is 642 g/mol. The molecule has 0 aliphatic carbocycles. The molecule has 1 atom stereocenters. The minimum absolute atomic E-state index is 0.222. The lowest BCUT2D eigenvalue weighted by atomic mass is 9.95. The molecule has 3 N–H and O–H groups in total. The van der Waals surface area contributed by atoms with Crippen LogP contribution in [0.15, 0.2) is 101 Å². The maximum absolute atomic E-state index is 12.8. The van der Waals surface area contributed by atoms with Crippen LogP contribution in [-0.2, 0) is 20.9 Å². The first-order valence-electron chi connectivity index (χ1n) is 14.2. The first-order valence-corrected chi connectivity index (χ1v) is 15.0. The third-order valence-corrected chi connectivity index (χ3v) is 7.60. The van der Waals surface area contributed by atoms with Gasteiger partial charge >= 0.3 is 5.97 Å². The number of esters is 1. The number of benzene rings is 4. The van der Waals surface area contributed by atoms with Crippen molar-refractivity contribution in [1.29, 1.82) is 0 Å². The molecule has 1 heterocycles. The topological polar surface area (TPSA) is 110 Å². The highest BCUT2D eigenvalue weighted by molar-refractivity contribution is 7.80. The molecule has 0 saturated heterocycles. The number of hydrogen-bond acceptors (Lipinski definition) is 7. The van der Waals surface area contributed by atoms with Gasteiger partial charge in [-0.25, -0.2) is 10.2 Å². The van der Waals surface area contributed by atoms with Crippen molar-refractivity contribution in [1.82, 2.24) is 16.1 Å². The zero-order valence-corrected chi connectivity index (χ0v) is 26.2. The zero-order valence-electron chi connectivity index (χ0n) is 24.6. The maximum Gasteiger partial charge on any atom is 0.338 e. The molecular weight excluding hydrogens is 612 g/mol. The van der Waals surface area contributed by atoms with Gasteiger partial charge in [-0.3, -0.25) is 4.79 Å². The van der Waals surface area contributed by atoms with Crippen molar-refractivity contribution >= 4 is 57.8 Å². The van der Waals surface area contributed by atoms with Crippen LogP contribution < -0.4 is 25.5 Å². The number of allylic oxidation sites excluding steroid dienone is 1. The van der Waals surface area contributed by atoms with Crippen LogP contribution in [0, 0.1) is 0 Å². The standard InChI is InChI=1S/C34H31ClN4O5S/c1-3-42-33(41)31-21(2)37-34(45)38-32(31)25-13-7-9-15-28(25)44-20-30(40)39-36-18-26-24-12-6-4-10-22(24)16-17-29(26)43-19-23-11-5-8-14-27(23)35/h4-18,32H,3,19-20H2,1-2H3,(H,39,40)(H2,37,38,45)/t32-/m1/s1. The first-order chi connectivity index (χ1) is 21.9. The second-order valence-electron chi connectivity index (χ2n) is 9.99. The molecule has 0 saturated carbocycles. The Hall–Kier alpha value is -4.93. The van der Waals surface area contributed by atoms with Crippen molar-refractivity contribution in [3.63, 3.8) is 0 Å². The van der Waals surface area contributed by atoms with Gasteiger partial charge in [-0.05, 0) is 55.0 Å². The predicted octanol–water partition coefficient (Wildman–Crippen LogP) is 5.96. The van der Waals surface area contributed by atoms with Crippen LogP contribution in [0.25, 0.3) is 10.8 Å². The summed E-state index contributed by atoms with van der Waals surface area (Å²) in [5, 5.41) is 13.2. The number of fused-ring (bicyclic) bond motifs is 1. The predicted molar refractivity (Wildman–Crippen MR) is 178 cm³/mol. The van der Waals surface area contributed by atoms with Crippen molar-refractivity contribution in [2.75, 3.05) is 13.2 Å². The number of hydrazone groups is 1. The van der Waals surface area contributed by atoms with Gasteiger partial charge < -0.3 is 24.8 Å². The van der Waals surface area contributed by atoms with E-state index >= 15 is 0 Å². The Balaban J connectivity index is 1.30. The number of nitrogens with zero attached hydrogens (tertiary/aromatic N) is 1. The molecule has 0 radical (unpaired) electrons. The van der Waals surface area contributed by atoms with Gasteiger partial charge in [0.05, 0.1) is 24.4 Å². The van der Waals surface area contributed by atoms with E-state index in [-0.39, 0.29) is 19.8 Å². The molecule has 1 amide bonds. The quantitative estimate of drug-likeness (QED) is 0.0796. The summed E-state index contributed by atoms with van der Waals surface area (Å²) in [6.07, 6.45) is 1.55. The molecule has 230 valence electrons. The number of carbonyl (C=O) groups is 2. The Morgan fingerprint density at radius 1 is 0.978 bits per heavy atom. The van der Waals surface area contributed by atoms with Gasteiger partial charge in [0, 0.05) is 27.4 Å². The molecule has 1 aliphatic rings. The van der Waals surface area contributed by atoms with Crippen molar-refractivity contribution in [2.45, 2.75) is 26.5 Å². The SMILES string of the molecule is CCOC(=O)C1=C(C)NC(=S)N[C@@H]1c1ccccc1OCC(=O)NN=Cc1c(OCc2ccccc2Cl)ccc2ccccc12. The normalized spacial score (nSPS) is 14.6. The van der Waals surface area contributed by atoms with Gasteiger partial charge in [0.1, 0.15) is 18.1 Å². The third kappa shape index (κ3) is 7.60. The smallest absolute Gasteiger partial charge is 0.338 e. The summed E-state index contributed by atoms with van der Waals surface area (Å²) in [7, 11) is 0. The number of para-hydroxylation sites is 1. The Morgan fingerprint density at radius 2 is 1.73 bits per heavy atom. The summed E-state index contributed by atoms with van der Waals surface area (Å²) in [5.41, 5.74) is 5.66. The number of carbonyl (C=O) groups excluding carboxylic acids is 2. The highest BCUT2D eigenvalue weighted by Gasteiger charge is 2.32. The largest absolute Gasteiger partial charge is 0.488 e. The van der Waals surface area contributed by atoms with Crippen LogP contribution in [0.3, 0.4) is 0 Å². The van der Waals surface area contributed by atoms with Gasteiger partial charge in [0.25, 0.3) is 5.91 Å². The molecule has 1 aliphatic heterocycles. The number of nitrogens with one attached hydrogen (secondary N) is 3. The number of hydrogen-bond donors (Lipinski definition) is 3. The summed E-state index contributed by atoms with van der Waals surface area (Å²) in [4.78, 5) is 25.6. The summed E-state index contributed by atoms with van der Waals surface area (Å²) in [6.45, 7) is 3.66. The highest BCUT2D eigenvalue weighted by atomic mass is 35.5. The summed E-state index contributed by atoms with van der Waals surface area (Å²) in [5.74, 6) is 0.0293. The van der Waals surface area contributed by atoms with Gasteiger partial charge in [-0.2, -0.15) is 5.10 Å². The average Bonchev–Trinajstić information content (AvgIpc) is 3.03. The van der Waals surface area contributed by atoms with E-state index in [1.807, 2.05) is 66.7 Å². The molecule has 0 bridgehead atoms. The van der Waals surface area contributed by atoms with E-state index in [1.54, 1.807) is 38.3 Å². The minimum atomic E-state index is -0.634. The summed E-state index contributed by atoms with van der Waals surface area (Å²) >= 11 is 11.7. The van der Waals surface area contributed by atoms with Gasteiger partial charge in [-0.1, -0.05) is 78.3 Å². The number of thiocarbonyl (C=S) groups is 1. The fourth-order valence-electron chi connectivity index (χ4n) is 4.91. The van der Waals surface area contributed by atoms with Crippen molar-refractivity contribution in [2.24, 2.45) is 5.10 Å². The van der Waals surface area contributed by atoms with E-state index in [1.165, 1.54) is 0 Å². The fraction of sp³-hybridized carbons (Fsp3) is 0.176. The van der Waals surface area contributed by atoms with Crippen molar-refractivity contribution in [3.05, 3.63) is 118 Å². The number of halogens is 1. The number of ether oxygens (including phenoxy) is 3. The molecule has 9 nitrogen and oxygen atoms in total. The van der Waals surface area contributed by atoms with Crippen LogP contribution >= 0.6 is 23.8 Å². The van der Waals surface area contributed by atoms with Crippen LogP contribution in [0.2, 0.25) is 5.02 Å². The second kappa shape index (κ2) is 14.7. The van der Waals surface area contributed by atoms with E-state index < -0.39 is 17.9 Å². The van der Waals surface area contributed by atoms with E-state index in [4.69, 9.17) is 38.0 Å². The lowest BCUT2D eigenvalue weighted by molar-refractivity contribution is -0.139. The lowest BCUT2D eigenvalue weighted by Gasteiger charge is -2.30. The van der Waals surface area contributed by atoms with Crippen LogP contribution in [0.4, 0.5) is 0 Å². The molecule has 45 heavy (non-hydrogen) atoms. The summed E-state index contributed by atoms with van der Waals surface area (Å²) < 4.78 is 17.3. The Kier molecular flexibility index (Phi) is 10.3. The highest BCUT2D eigenvalue weighted by Crippen LogP contribution is 2.34. The first kappa shape index (κ1) is 31.5. The van der Waals surface area contributed by atoms with Crippen LogP contribution in [0.5, 0.6) is 11.5 Å². The number of rotatable bonds is 11. The lowest BCUT2D eigenvalue weighted by Crippen LogP contribution is -2.45. The maximum atomic E-state index is 12.8. The molecule has 11 heteroatoms. The van der Waals surface area contributed by atoms with Crippen LogP contribution in [0.1, 0.15) is 36.6 Å². The average molecular weight is 643 g/mol. The molecule has 0 unspecified atom stereocenters. The minimum Gasteiger partial charge on any atom is -0.488 e. The molecule has 0 fully saturated rings.